The number of carbonyl (C=O) groups is 1. The van der Waals surface area contributed by atoms with E-state index in [1.807, 2.05) is 13.0 Å². The number of rotatable bonds is 5. The molecule has 2 bridgehead atoms. The van der Waals surface area contributed by atoms with Crippen LogP contribution in [0.4, 0.5) is 0 Å². The Morgan fingerprint density at radius 2 is 2.17 bits per heavy atom. The summed E-state index contributed by atoms with van der Waals surface area (Å²) in [7, 11) is 0. The van der Waals surface area contributed by atoms with Crippen LogP contribution in [0, 0.1) is 31.1 Å². The van der Waals surface area contributed by atoms with Gasteiger partial charge in [-0.3, -0.25) is 9.36 Å². The van der Waals surface area contributed by atoms with E-state index in [-0.39, 0.29) is 18.1 Å². The number of nitrogens with one attached hydrogen (secondary N) is 1. The van der Waals surface area contributed by atoms with Crippen molar-refractivity contribution in [1.29, 1.82) is 0 Å². The Morgan fingerprint density at radius 1 is 1.42 bits per heavy atom. The molecule has 1 N–H and O–H groups in total. The predicted molar refractivity (Wildman–Crippen MR) is 93.7 cm³/mol. The molecule has 1 aromatic heterocycles. The van der Waals surface area contributed by atoms with Gasteiger partial charge in [-0.1, -0.05) is 25.5 Å². The molecule has 130 valence electrons. The summed E-state index contributed by atoms with van der Waals surface area (Å²) in [6, 6.07) is 1.82. The Labute approximate surface area is 143 Å². The highest BCUT2D eigenvalue weighted by molar-refractivity contribution is 5.75. The summed E-state index contributed by atoms with van der Waals surface area (Å²) < 4.78 is 1.42. The van der Waals surface area contributed by atoms with Crippen LogP contribution in [0.15, 0.2) is 22.5 Å². The lowest BCUT2D eigenvalue weighted by Crippen LogP contribution is -2.48. The zero-order valence-electron chi connectivity index (χ0n) is 15.1. The molecule has 2 atom stereocenters. The number of aromatic nitrogens is 2. The molecule has 1 amide bonds. The monoisotopic (exact) mass is 329 g/mol. The second-order valence-corrected chi connectivity index (χ2v) is 7.83. The Hall–Kier alpha value is -1.91. The standard InChI is InChI=1S/C19H27N3O2/c1-12-9-13(2)22(18(24)21-12)11-17(23)20-8-7-14-5-6-15-10-16(14)19(15,3)4/h5,9,15-16H,6-8,10-11H2,1-4H3,(H,20,23)/t15-,16-/m0/s1. The van der Waals surface area contributed by atoms with E-state index < -0.39 is 0 Å². The lowest BCUT2D eigenvalue weighted by Gasteiger charge is -2.56. The van der Waals surface area contributed by atoms with Gasteiger partial charge in [0.1, 0.15) is 6.54 Å². The number of allylic oxidation sites excluding steroid dienone is 1. The summed E-state index contributed by atoms with van der Waals surface area (Å²) in [5.74, 6) is 1.39. The highest BCUT2D eigenvalue weighted by atomic mass is 16.2. The Kier molecular flexibility index (Phi) is 4.37. The number of amides is 1. The summed E-state index contributed by atoms with van der Waals surface area (Å²) in [4.78, 5) is 27.9. The van der Waals surface area contributed by atoms with Crippen LogP contribution in [0.3, 0.4) is 0 Å². The molecule has 0 unspecified atom stereocenters. The Balaban J connectivity index is 1.52. The summed E-state index contributed by atoms with van der Waals surface area (Å²) in [6.07, 6.45) is 5.76. The van der Waals surface area contributed by atoms with Crippen molar-refractivity contribution in [2.24, 2.45) is 17.3 Å². The average Bonchev–Trinajstić information content (AvgIpc) is 2.51. The molecule has 5 heteroatoms. The molecule has 1 fully saturated rings. The van der Waals surface area contributed by atoms with Crippen LogP contribution in [0.5, 0.6) is 0 Å². The van der Waals surface area contributed by atoms with E-state index in [4.69, 9.17) is 0 Å². The predicted octanol–water partition coefficient (Wildman–Crippen LogP) is 2.36. The van der Waals surface area contributed by atoms with Crippen LogP contribution < -0.4 is 11.0 Å². The molecule has 24 heavy (non-hydrogen) atoms. The summed E-state index contributed by atoms with van der Waals surface area (Å²) in [5.41, 5.74) is 3.00. The van der Waals surface area contributed by atoms with Crippen LogP contribution >= 0.6 is 0 Å². The first-order chi connectivity index (χ1) is 11.3. The van der Waals surface area contributed by atoms with Crippen molar-refractivity contribution in [3.05, 3.63) is 39.6 Å². The van der Waals surface area contributed by atoms with Gasteiger partial charge in [-0.05, 0) is 56.4 Å². The summed E-state index contributed by atoms with van der Waals surface area (Å²) in [5, 5.41) is 2.95. The molecule has 0 aromatic carbocycles. The SMILES string of the molecule is Cc1cc(C)n(CC(=O)NCCC2=CC[C@H]3C[C@@H]2C3(C)C)c(=O)n1. The minimum absolute atomic E-state index is 0.0357. The van der Waals surface area contributed by atoms with E-state index in [1.54, 1.807) is 6.92 Å². The van der Waals surface area contributed by atoms with Crippen LogP contribution in [-0.2, 0) is 11.3 Å². The van der Waals surface area contributed by atoms with Gasteiger partial charge >= 0.3 is 5.69 Å². The first kappa shape index (κ1) is 16.9. The molecule has 3 aliphatic rings. The molecule has 3 aliphatic carbocycles. The zero-order valence-corrected chi connectivity index (χ0v) is 15.1. The van der Waals surface area contributed by atoms with E-state index in [2.05, 4.69) is 30.2 Å². The molecule has 4 rings (SSSR count). The van der Waals surface area contributed by atoms with Gasteiger partial charge in [0.2, 0.25) is 5.91 Å². The van der Waals surface area contributed by atoms with Crippen molar-refractivity contribution < 1.29 is 4.79 Å². The maximum atomic E-state index is 12.1. The second-order valence-electron chi connectivity index (χ2n) is 7.83. The third kappa shape index (κ3) is 3.04. The van der Waals surface area contributed by atoms with Crippen molar-refractivity contribution in [3.63, 3.8) is 0 Å². The van der Waals surface area contributed by atoms with Crippen molar-refractivity contribution in [3.8, 4) is 0 Å². The molecule has 0 spiro atoms. The van der Waals surface area contributed by atoms with E-state index >= 15 is 0 Å². The smallest absolute Gasteiger partial charge is 0.348 e. The fraction of sp³-hybridized carbons (Fsp3) is 0.632. The molecular weight excluding hydrogens is 302 g/mol. The molecule has 1 heterocycles. The van der Waals surface area contributed by atoms with Crippen LogP contribution in [-0.4, -0.2) is 22.0 Å². The number of hydrogen-bond acceptors (Lipinski definition) is 3. The molecule has 0 aliphatic heterocycles. The Bertz CT molecular complexity index is 745. The lowest BCUT2D eigenvalue weighted by molar-refractivity contribution is -0.121. The number of carbonyl (C=O) groups excluding carboxylic acids is 1. The largest absolute Gasteiger partial charge is 0.354 e. The van der Waals surface area contributed by atoms with Crippen molar-refractivity contribution in [1.82, 2.24) is 14.9 Å². The second kappa shape index (κ2) is 6.19. The van der Waals surface area contributed by atoms with E-state index in [0.29, 0.717) is 23.6 Å². The summed E-state index contributed by atoms with van der Waals surface area (Å²) in [6.45, 7) is 8.99. The van der Waals surface area contributed by atoms with Crippen LogP contribution in [0.1, 0.15) is 44.5 Å². The van der Waals surface area contributed by atoms with Crippen molar-refractivity contribution in [2.45, 2.75) is 53.5 Å². The highest BCUT2D eigenvalue weighted by Crippen LogP contribution is 2.59. The van der Waals surface area contributed by atoms with Crippen LogP contribution in [0.25, 0.3) is 0 Å². The number of hydrogen-bond donors (Lipinski definition) is 1. The van der Waals surface area contributed by atoms with Gasteiger partial charge in [0, 0.05) is 17.9 Å². The van der Waals surface area contributed by atoms with Crippen molar-refractivity contribution >= 4 is 5.91 Å². The molecule has 5 nitrogen and oxygen atoms in total. The van der Waals surface area contributed by atoms with Gasteiger partial charge < -0.3 is 5.32 Å². The van der Waals surface area contributed by atoms with Gasteiger partial charge in [0.05, 0.1) is 0 Å². The normalized spacial score (nSPS) is 24.1. The Morgan fingerprint density at radius 3 is 2.79 bits per heavy atom. The highest BCUT2D eigenvalue weighted by Gasteiger charge is 2.50. The fourth-order valence-corrected chi connectivity index (χ4v) is 4.27. The molecule has 0 saturated heterocycles. The summed E-state index contributed by atoms with van der Waals surface area (Å²) >= 11 is 0. The first-order valence-corrected chi connectivity index (χ1v) is 8.79. The molecule has 0 radical (unpaired) electrons. The van der Waals surface area contributed by atoms with Gasteiger partial charge in [-0.15, -0.1) is 0 Å². The van der Waals surface area contributed by atoms with Gasteiger partial charge in [-0.2, -0.15) is 4.98 Å². The van der Waals surface area contributed by atoms with Gasteiger partial charge in [0.15, 0.2) is 0 Å². The van der Waals surface area contributed by atoms with Gasteiger partial charge in [0.25, 0.3) is 0 Å². The third-order valence-corrected chi connectivity index (χ3v) is 5.97. The number of aryl methyl sites for hydroxylation is 2. The first-order valence-electron chi connectivity index (χ1n) is 8.79. The van der Waals surface area contributed by atoms with Gasteiger partial charge in [-0.25, -0.2) is 4.79 Å². The zero-order chi connectivity index (χ0) is 17.5. The van der Waals surface area contributed by atoms with E-state index in [1.165, 1.54) is 23.0 Å². The molecule has 1 aromatic rings. The molecule has 1 saturated carbocycles. The quantitative estimate of drug-likeness (QED) is 0.844. The number of nitrogens with zero attached hydrogens (tertiary/aromatic N) is 2. The average molecular weight is 329 g/mol. The minimum atomic E-state index is -0.361. The van der Waals surface area contributed by atoms with Crippen molar-refractivity contribution in [2.75, 3.05) is 6.54 Å². The number of fused-ring (bicyclic) bond motifs is 1. The lowest BCUT2D eigenvalue weighted by atomic mass is 9.48. The topological polar surface area (TPSA) is 64.0 Å². The van der Waals surface area contributed by atoms with E-state index in [0.717, 1.165) is 18.0 Å². The fourth-order valence-electron chi connectivity index (χ4n) is 4.27. The van der Waals surface area contributed by atoms with Crippen LogP contribution in [0.2, 0.25) is 0 Å². The third-order valence-electron chi connectivity index (χ3n) is 5.97. The molecular formula is C19H27N3O2. The maximum absolute atomic E-state index is 12.1. The van der Waals surface area contributed by atoms with E-state index in [9.17, 15) is 9.59 Å². The maximum Gasteiger partial charge on any atom is 0.348 e. The minimum Gasteiger partial charge on any atom is -0.354 e.